The third-order valence-electron chi connectivity index (χ3n) is 4.05. The number of nitrogens with two attached hydrogens (primary N) is 1. The number of carbonyl (C=O) groups is 1. The molecular formula is C14H24N4O. The largest absolute Gasteiger partial charge is 0.395 e. The first-order valence-electron chi connectivity index (χ1n) is 7.15. The minimum Gasteiger partial charge on any atom is -0.395 e. The second-order valence-corrected chi connectivity index (χ2v) is 5.90. The second-order valence-electron chi connectivity index (χ2n) is 5.90. The molecule has 4 N–H and O–H groups in total. The molecule has 1 saturated carbocycles. The summed E-state index contributed by atoms with van der Waals surface area (Å²) < 4.78 is 0. The molecule has 2 rings (SSSR count). The Morgan fingerprint density at radius 1 is 1.42 bits per heavy atom. The quantitative estimate of drug-likeness (QED) is 0.784. The minimum absolute atomic E-state index is 0.153. The molecule has 0 spiro atoms. The number of aromatic amines is 1. The Balaban J connectivity index is 2.07. The van der Waals surface area contributed by atoms with Gasteiger partial charge in [-0.3, -0.25) is 9.89 Å². The maximum absolute atomic E-state index is 12.2. The Bertz CT molecular complexity index is 452. The molecule has 0 saturated heterocycles. The number of amides is 1. The fourth-order valence-corrected chi connectivity index (χ4v) is 2.74. The lowest BCUT2D eigenvalue weighted by molar-refractivity contribution is 0.0906. The zero-order valence-electron chi connectivity index (χ0n) is 12.0. The lowest BCUT2D eigenvalue weighted by Gasteiger charge is -2.29. The minimum atomic E-state index is -0.153. The summed E-state index contributed by atoms with van der Waals surface area (Å²) in [5, 5.41) is 10.0. The standard InChI is InChI=1S/C14H24N4O/c1-8(2)12-11(15)13(18-17-12)14(19)16-10-7-5-4-6-9(10)3/h8-10H,4-7,15H2,1-3H3,(H,16,19)(H,17,18). The van der Waals surface area contributed by atoms with Crippen molar-refractivity contribution in [2.75, 3.05) is 5.73 Å². The molecule has 0 bridgehead atoms. The Morgan fingerprint density at radius 2 is 2.11 bits per heavy atom. The molecule has 0 aromatic carbocycles. The van der Waals surface area contributed by atoms with E-state index in [2.05, 4.69) is 22.4 Å². The SMILES string of the molecule is CC(C)c1[nH]nc(C(=O)NC2CCCCC2C)c1N. The molecule has 2 unspecified atom stereocenters. The molecule has 1 aliphatic rings. The number of nitrogens with zero attached hydrogens (tertiary/aromatic N) is 1. The van der Waals surface area contributed by atoms with Crippen LogP contribution in [0.25, 0.3) is 0 Å². The molecule has 19 heavy (non-hydrogen) atoms. The van der Waals surface area contributed by atoms with E-state index in [0.29, 0.717) is 17.3 Å². The molecule has 1 aromatic heterocycles. The van der Waals surface area contributed by atoms with Crippen LogP contribution in [0.15, 0.2) is 0 Å². The fraction of sp³-hybridized carbons (Fsp3) is 0.714. The van der Waals surface area contributed by atoms with E-state index in [1.54, 1.807) is 0 Å². The number of nitrogens with one attached hydrogen (secondary N) is 2. The van der Waals surface area contributed by atoms with Gasteiger partial charge in [0.1, 0.15) is 0 Å². The van der Waals surface area contributed by atoms with E-state index < -0.39 is 0 Å². The zero-order valence-corrected chi connectivity index (χ0v) is 12.0. The Kier molecular flexibility index (Phi) is 4.12. The van der Waals surface area contributed by atoms with Gasteiger partial charge in [0.25, 0.3) is 5.91 Å². The average molecular weight is 264 g/mol. The lowest BCUT2D eigenvalue weighted by atomic mass is 9.86. The maximum Gasteiger partial charge on any atom is 0.274 e. The maximum atomic E-state index is 12.2. The van der Waals surface area contributed by atoms with Crippen molar-refractivity contribution in [2.45, 2.75) is 58.4 Å². The molecule has 1 fully saturated rings. The summed E-state index contributed by atoms with van der Waals surface area (Å²) in [5.74, 6) is 0.615. The van der Waals surface area contributed by atoms with Crippen LogP contribution in [0.2, 0.25) is 0 Å². The second kappa shape index (κ2) is 5.63. The first-order valence-corrected chi connectivity index (χ1v) is 7.15. The predicted molar refractivity (Wildman–Crippen MR) is 76.0 cm³/mol. The van der Waals surface area contributed by atoms with Crippen molar-refractivity contribution < 1.29 is 4.79 Å². The van der Waals surface area contributed by atoms with E-state index in [0.717, 1.165) is 12.1 Å². The molecular weight excluding hydrogens is 240 g/mol. The van der Waals surface area contributed by atoms with Crippen molar-refractivity contribution in [1.82, 2.24) is 15.5 Å². The number of H-pyrrole nitrogens is 1. The number of carbonyl (C=O) groups excluding carboxylic acids is 1. The van der Waals surface area contributed by atoms with Crippen molar-refractivity contribution >= 4 is 11.6 Å². The molecule has 0 radical (unpaired) electrons. The van der Waals surface area contributed by atoms with Gasteiger partial charge < -0.3 is 11.1 Å². The molecule has 1 aliphatic carbocycles. The van der Waals surface area contributed by atoms with Crippen molar-refractivity contribution in [3.63, 3.8) is 0 Å². The smallest absolute Gasteiger partial charge is 0.274 e. The van der Waals surface area contributed by atoms with Crippen LogP contribution in [0.1, 0.15) is 68.6 Å². The van der Waals surface area contributed by atoms with Crippen LogP contribution in [0.3, 0.4) is 0 Å². The molecule has 0 aliphatic heterocycles. The average Bonchev–Trinajstić information content (AvgIpc) is 2.74. The van der Waals surface area contributed by atoms with Gasteiger partial charge in [0.2, 0.25) is 0 Å². The normalized spacial score (nSPS) is 23.6. The summed E-state index contributed by atoms with van der Waals surface area (Å²) in [6.07, 6.45) is 4.67. The van der Waals surface area contributed by atoms with Crippen LogP contribution in [0.5, 0.6) is 0 Å². The summed E-state index contributed by atoms with van der Waals surface area (Å²) >= 11 is 0. The van der Waals surface area contributed by atoms with Crippen molar-refractivity contribution in [3.8, 4) is 0 Å². The highest BCUT2D eigenvalue weighted by atomic mass is 16.2. The van der Waals surface area contributed by atoms with Gasteiger partial charge in [-0.15, -0.1) is 0 Å². The molecule has 1 heterocycles. The third-order valence-corrected chi connectivity index (χ3v) is 4.05. The molecule has 5 heteroatoms. The number of aromatic nitrogens is 2. The third kappa shape index (κ3) is 2.91. The monoisotopic (exact) mass is 264 g/mol. The van der Waals surface area contributed by atoms with Gasteiger partial charge in [-0.1, -0.05) is 33.6 Å². The highest BCUT2D eigenvalue weighted by molar-refractivity contribution is 5.97. The van der Waals surface area contributed by atoms with Gasteiger partial charge in [-0.25, -0.2) is 0 Å². The van der Waals surface area contributed by atoms with Crippen molar-refractivity contribution in [1.29, 1.82) is 0 Å². The Morgan fingerprint density at radius 3 is 2.68 bits per heavy atom. The zero-order chi connectivity index (χ0) is 14.0. The number of hydrogen-bond donors (Lipinski definition) is 3. The predicted octanol–water partition coefficient (Wildman–Crippen LogP) is 2.42. The summed E-state index contributed by atoms with van der Waals surface area (Å²) in [4.78, 5) is 12.2. The summed E-state index contributed by atoms with van der Waals surface area (Å²) in [7, 11) is 0. The van der Waals surface area contributed by atoms with E-state index in [4.69, 9.17) is 5.73 Å². The van der Waals surface area contributed by atoms with Gasteiger partial charge >= 0.3 is 0 Å². The highest BCUT2D eigenvalue weighted by Crippen LogP contribution is 2.25. The van der Waals surface area contributed by atoms with E-state index in [9.17, 15) is 4.79 Å². The Labute approximate surface area is 114 Å². The van der Waals surface area contributed by atoms with Crippen LogP contribution in [0, 0.1) is 5.92 Å². The molecule has 1 amide bonds. The van der Waals surface area contributed by atoms with E-state index in [1.165, 1.54) is 19.3 Å². The summed E-state index contributed by atoms with van der Waals surface area (Å²) in [6.45, 7) is 6.24. The van der Waals surface area contributed by atoms with Crippen LogP contribution >= 0.6 is 0 Å². The number of hydrogen-bond acceptors (Lipinski definition) is 3. The van der Waals surface area contributed by atoms with Gasteiger partial charge in [0, 0.05) is 6.04 Å². The molecule has 2 atom stereocenters. The number of rotatable bonds is 3. The van der Waals surface area contributed by atoms with Crippen LogP contribution in [-0.2, 0) is 0 Å². The van der Waals surface area contributed by atoms with Gasteiger partial charge in [-0.2, -0.15) is 5.10 Å². The van der Waals surface area contributed by atoms with Crippen molar-refractivity contribution in [2.24, 2.45) is 5.92 Å². The fourth-order valence-electron chi connectivity index (χ4n) is 2.74. The molecule has 106 valence electrons. The Hall–Kier alpha value is -1.52. The summed E-state index contributed by atoms with van der Waals surface area (Å²) in [5.41, 5.74) is 7.64. The van der Waals surface area contributed by atoms with E-state index >= 15 is 0 Å². The van der Waals surface area contributed by atoms with Crippen LogP contribution in [0.4, 0.5) is 5.69 Å². The first-order chi connectivity index (χ1) is 9.00. The van der Waals surface area contributed by atoms with Crippen LogP contribution < -0.4 is 11.1 Å². The van der Waals surface area contributed by atoms with E-state index in [1.807, 2.05) is 13.8 Å². The van der Waals surface area contributed by atoms with Gasteiger partial charge in [0.05, 0.1) is 11.4 Å². The van der Waals surface area contributed by atoms with Crippen molar-refractivity contribution in [3.05, 3.63) is 11.4 Å². The van der Waals surface area contributed by atoms with E-state index in [-0.39, 0.29) is 17.9 Å². The van der Waals surface area contributed by atoms with Gasteiger partial charge in [-0.05, 0) is 24.7 Å². The van der Waals surface area contributed by atoms with Crippen LogP contribution in [-0.4, -0.2) is 22.1 Å². The topological polar surface area (TPSA) is 83.8 Å². The first kappa shape index (κ1) is 13.9. The number of nitrogen functional groups attached to an aromatic ring is 1. The molecule has 5 nitrogen and oxygen atoms in total. The summed E-state index contributed by atoms with van der Waals surface area (Å²) in [6, 6.07) is 0.250. The number of anilines is 1. The lowest BCUT2D eigenvalue weighted by Crippen LogP contribution is -2.41. The molecule has 1 aromatic rings. The van der Waals surface area contributed by atoms with Gasteiger partial charge in [0.15, 0.2) is 5.69 Å². The highest BCUT2D eigenvalue weighted by Gasteiger charge is 2.26.